The average Bonchev–Trinajstić information content (AvgIpc) is 3.22. The Labute approximate surface area is 153 Å². The second-order valence-electron chi connectivity index (χ2n) is 5.83. The smallest absolute Gasteiger partial charge is 0.191 e. The Morgan fingerprint density at radius 1 is 1.26 bits per heavy atom. The van der Waals surface area contributed by atoms with E-state index in [9.17, 15) is 4.79 Å². The van der Waals surface area contributed by atoms with Gasteiger partial charge in [-0.25, -0.2) is 4.98 Å². The molecule has 2 aromatic carbocycles. The molecule has 0 saturated carbocycles. The minimum Gasteiger partial charge on any atom is -0.496 e. The summed E-state index contributed by atoms with van der Waals surface area (Å²) in [5.74, 6) is 1.58. The number of methoxy groups -OCH3 is 1. The van der Waals surface area contributed by atoms with Gasteiger partial charge >= 0.3 is 0 Å². The van der Waals surface area contributed by atoms with E-state index in [1.165, 1.54) is 12.5 Å². The van der Waals surface area contributed by atoms with Crippen molar-refractivity contribution in [1.82, 2.24) is 9.97 Å². The van der Waals surface area contributed by atoms with Gasteiger partial charge in [0.15, 0.2) is 17.6 Å². The summed E-state index contributed by atoms with van der Waals surface area (Å²) in [6.07, 6.45) is 2.89. The molecule has 4 aromatic rings. The molecule has 132 valence electrons. The number of fused-ring (bicyclic) bond motifs is 1. The number of aromatic nitrogens is 2. The van der Waals surface area contributed by atoms with Crippen molar-refractivity contribution in [2.45, 2.75) is 0 Å². The Kier molecular flexibility index (Phi) is 4.07. The van der Waals surface area contributed by atoms with Crippen molar-refractivity contribution in [1.29, 1.82) is 5.26 Å². The number of aromatic amines is 1. The fourth-order valence-corrected chi connectivity index (χ4v) is 2.88. The summed E-state index contributed by atoms with van der Waals surface area (Å²) >= 11 is 0. The monoisotopic (exact) mass is 358 g/mol. The number of nitrogens with zero attached hydrogens (tertiary/aromatic N) is 2. The van der Waals surface area contributed by atoms with Crippen molar-refractivity contribution in [3.8, 4) is 23.1 Å². The van der Waals surface area contributed by atoms with Gasteiger partial charge in [0.1, 0.15) is 11.6 Å². The van der Waals surface area contributed by atoms with Crippen LogP contribution in [0.3, 0.4) is 0 Å². The van der Waals surface area contributed by atoms with Crippen LogP contribution in [0.25, 0.3) is 22.2 Å². The molecule has 7 heteroatoms. The first-order valence-corrected chi connectivity index (χ1v) is 8.09. The number of hydrogen-bond donors (Lipinski definition) is 2. The largest absolute Gasteiger partial charge is 0.496 e. The van der Waals surface area contributed by atoms with E-state index in [-0.39, 0.29) is 5.43 Å². The lowest BCUT2D eigenvalue weighted by atomic mass is 10.1. The number of rotatable bonds is 4. The molecule has 27 heavy (non-hydrogen) atoms. The van der Waals surface area contributed by atoms with Crippen molar-refractivity contribution < 1.29 is 9.15 Å². The number of ether oxygens (including phenoxy) is 1. The Hall–Kier alpha value is -4.05. The summed E-state index contributed by atoms with van der Waals surface area (Å²) in [7, 11) is 1.55. The van der Waals surface area contributed by atoms with Crippen molar-refractivity contribution in [2.75, 3.05) is 12.4 Å². The topological polar surface area (TPSA) is 104 Å². The van der Waals surface area contributed by atoms with Crippen molar-refractivity contribution in [3.05, 3.63) is 70.8 Å². The van der Waals surface area contributed by atoms with Crippen LogP contribution in [0.2, 0.25) is 0 Å². The summed E-state index contributed by atoms with van der Waals surface area (Å²) < 4.78 is 10.8. The molecule has 2 heterocycles. The molecular formula is C20H14N4O3. The summed E-state index contributed by atoms with van der Waals surface area (Å²) in [6.45, 7) is 0. The van der Waals surface area contributed by atoms with E-state index in [0.29, 0.717) is 45.0 Å². The van der Waals surface area contributed by atoms with E-state index in [4.69, 9.17) is 14.4 Å². The first kappa shape index (κ1) is 16.4. The molecule has 0 atom stereocenters. The highest BCUT2D eigenvalue weighted by Gasteiger charge is 2.13. The lowest BCUT2D eigenvalue weighted by molar-refractivity contribution is 0.415. The van der Waals surface area contributed by atoms with Crippen molar-refractivity contribution >= 4 is 22.4 Å². The van der Waals surface area contributed by atoms with Crippen LogP contribution < -0.4 is 15.5 Å². The van der Waals surface area contributed by atoms with Crippen LogP contribution in [0.1, 0.15) is 5.56 Å². The van der Waals surface area contributed by atoms with Gasteiger partial charge in [0.2, 0.25) is 0 Å². The van der Waals surface area contributed by atoms with Crippen LogP contribution in [0.4, 0.5) is 11.5 Å². The molecule has 4 rings (SSSR count). The molecule has 2 N–H and O–H groups in total. The van der Waals surface area contributed by atoms with Crippen LogP contribution >= 0.6 is 0 Å². The van der Waals surface area contributed by atoms with Gasteiger partial charge in [-0.2, -0.15) is 5.26 Å². The van der Waals surface area contributed by atoms with Gasteiger partial charge in [-0.3, -0.25) is 4.79 Å². The predicted molar refractivity (Wildman–Crippen MR) is 101 cm³/mol. The van der Waals surface area contributed by atoms with Crippen LogP contribution in [0.15, 0.2) is 64.3 Å². The molecule has 0 aliphatic carbocycles. The van der Waals surface area contributed by atoms with Gasteiger partial charge in [-0.15, -0.1) is 0 Å². The average molecular weight is 358 g/mol. The number of nitrogens with one attached hydrogen (secondary N) is 2. The Morgan fingerprint density at radius 2 is 2.15 bits per heavy atom. The molecule has 0 aliphatic heterocycles. The molecule has 0 bridgehead atoms. The third kappa shape index (κ3) is 3.12. The van der Waals surface area contributed by atoms with E-state index in [2.05, 4.69) is 21.4 Å². The number of benzene rings is 2. The first-order valence-electron chi connectivity index (χ1n) is 8.09. The number of oxazole rings is 1. The Balaban J connectivity index is 1.80. The van der Waals surface area contributed by atoms with Crippen LogP contribution in [0, 0.1) is 11.3 Å². The standard InChI is InChI=1S/C20H14N4O3/c1-26-18-7-16-14(6-15(18)19-10-22-11-27-19)17(25)8-20(24-16)23-13-4-2-3-12(5-13)9-21/h2-8,10-11H,1H3,(H2,23,24,25). The van der Waals surface area contributed by atoms with Gasteiger partial charge in [0, 0.05) is 23.2 Å². The minimum atomic E-state index is -0.161. The summed E-state index contributed by atoms with van der Waals surface area (Å²) in [5.41, 5.74) is 2.33. The van der Waals surface area contributed by atoms with Crippen LogP contribution in [-0.4, -0.2) is 17.1 Å². The summed E-state index contributed by atoms with van der Waals surface area (Å²) in [6, 6.07) is 14.0. The molecule has 2 aromatic heterocycles. The number of anilines is 2. The van der Waals surface area contributed by atoms with Gasteiger partial charge in [0.05, 0.1) is 36.0 Å². The Bertz CT molecular complexity index is 1220. The molecule has 0 radical (unpaired) electrons. The molecule has 0 fully saturated rings. The van der Waals surface area contributed by atoms with Crippen molar-refractivity contribution in [3.63, 3.8) is 0 Å². The summed E-state index contributed by atoms with van der Waals surface area (Å²) in [5, 5.41) is 12.6. The van der Waals surface area contributed by atoms with Crippen molar-refractivity contribution in [2.24, 2.45) is 0 Å². The molecule has 0 saturated heterocycles. The van der Waals surface area contributed by atoms with Gasteiger partial charge < -0.3 is 19.5 Å². The third-order valence-corrected chi connectivity index (χ3v) is 4.12. The maximum absolute atomic E-state index is 12.6. The van der Waals surface area contributed by atoms with Gasteiger partial charge in [-0.1, -0.05) is 6.07 Å². The number of nitriles is 1. The van der Waals surface area contributed by atoms with Crippen LogP contribution in [0.5, 0.6) is 5.75 Å². The lowest BCUT2D eigenvalue weighted by Crippen LogP contribution is -2.06. The molecule has 0 spiro atoms. The fourth-order valence-electron chi connectivity index (χ4n) is 2.88. The third-order valence-electron chi connectivity index (χ3n) is 4.12. The SMILES string of the molecule is COc1cc2[nH]c(Nc3cccc(C#N)c3)cc(=O)c2cc1-c1cnco1. The number of pyridine rings is 1. The molecule has 0 aliphatic rings. The van der Waals surface area contributed by atoms with E-state index in [0.717, 1.165) is 0 Å². The highest BCUT2D eigenvalue weighted by atomic mass is 16.5. The fraction of sp³-hybridized carbons (Fsp3) is 0.0500. The predicted octanol–water partition coefficient (Wildman–Crippen LogP) is 3.81. The maximum Gasteiger partial charge on any atom is 0.191 e. The number of H-pyrrole nitrogens is 1. The normalized spacial score (nSPS) is 10.5. The van der Waals surface area contributed by atoms with Gasteiger partial charge in [-0.05, 0) is 24.3 Å². The second kappa shape index (κ2) is 6.69. The van der Waals surface area contributed by atoms with E-state index >= 15 is 0 Å². The van der Waals surface area contributed by atoms with Gasteiger partial charge in [0.25, 0.3) is 0 Å². The molecule has 0 unspecified atom stereocenters. The quantitative estimate of drug-likeness (QED) is 0.575. The first-order chi connectivity index (χ1) is 13.2. The van der Waals surface area contributed by atoms with E-state index in [1.54, 1.807) is 43.6 Å². The zero-order valence-corrected chi connectivity index (χ0v) is 14.3. The minimum absolute atomic E-state index is 0.161. The number of hydrogen-bond acceptors (Lipinski definition) is 6. The Morgan fingerprint density at radius 3 is 2.89 bits per heavy atom. The van der Waals surface area contributed by atoms with E-state index in [1.807, 2.05) is 6.07 Å². The molecule has 7 nitrogen and oxygen atoms in total. The highest BCUT2D eigenvalue weighted by Crippen LogP contribution is 2.33. The summed E-state index contributed by atoms with van der Waals surface area (Å²) in [4.78, 5) is 19.7. The highest BCUT2D eigenvalue weighted by molar-refractivity contribution is 5.88. The zero-order chi connectivity index (χ0) is 18.8. The van der Waals surface area contributed by atoms with E-state index < -0.39 is 0 Å². The lowest BCUT2D eigenvalue weighted by Gasteiger charge is -2.11. The zero-order valence-electron chi connectivity index (χ0n) is 14.3. The molecular weight excluding hydrogens is 344 g/mol. The maximum atomic E-state index is 12.6. The second-order valence-corrected chi connectivity index (χ2v) is 5.83. The molecule has 0 amide bonds. The van der Waals surface area contributed by atoms with Crippen LogP contribution in [-0.2, 0) is 0 Å².